The zero-order valence-electron chi connectivity index (χ0n) is 16.8. The third kappa shape index (κ3) is 3.55. The van der Waals surface area contributed by atoms with Crippen molar-refractivity contribution < 1.29 is 13.9 Å². The highest BCUT2D eigenvalue weighted by Crippen LogP contribution is 2.44. The summed E-state index contributed by atoms with van der Waals surface area (Å²) in [6.45, 7) is 0. The highest BCUT2D eigenvalue weighted by atomic mass is 16.5. The SMILES string of the molecule is COc1ccc(-c2c(-c3ccccc3)oc3ncnc(Oc4cccc(N)c4)c23)cc1. The van der Waals surface area contributed by atoms with E-state index in [0.717, 1.165) is 22.4 Å². The number of rotatable bonds is 5. The molecule has 0 unspecified atom stereocenters. The van der Waals surface area contributed by atoms with Crippen LogP contribution in [0.1, 0.15) is 0 Å². The van der Waals surface area contributed by atoms with Gasteiger partial charge >= 0.3 is 0 Å². The van der Waals surface area contributed by atoms with Crippen molar-refractivity contribution in [2.24, 2.45) is 0 Å². The minimum Gasteiger partial charge on any atom is -0.497 e. The number of anilines is 1. The summed E-state index contributed by atoms with van der Waals surface area (Å²) in [6, 6.07) is 24.9. The number of methoxy groups -OCH3 is 1. The maximum Gasteiger partial charge on any atom is 0.234 e. The Hall–Kier alpha value is -4.32. The lowest BCUT2D eigenvalue weighted by atomic mass is 9.99. The van der Waals surface area contributed by atoms with E-state index >= 15 is 0 Å². The van der Waals surface area contributed by atoms with Gasteiger partial charge in [0.05, 0.1) is 7.11 Å². The van der Waals surface area contributed by atoms with Crippen molar-refractivity contribution in [1.82, 2.24) is 9.97 Å². The zero-order chi connectivity index (χ0) is 21.2. The molecule has 5 aromatic rings. The van der Waals surface area contributed by atoms with Gasteiger partial charge in [0.15, 0.2) is 0 Å². The van der Waals surface area contributed by atoms with Crippen molar-refractivity contribution in [1.29, 1.82) is 0 Å². The van der Waals surface area contributed by atoms with Crippen LogP contribution >= 0.6 is 0 Å². The molecule has 2 N–H and O–H groups in total. The van der Waals surface area contributed by atoms with Crippen LogP contribution in [-0.2, 0) is 0 Å². The molecule has 0 spiro atoms. The first-order valence-electron chi connectivity index (χ1n) is 9.73. The summed E-state index contributed by atoms with van der Waals surface area (Å²) in [7, 11) is 1.64. The van der Waals surface area contributed by atoms with Crippen LogP contribution in [0.2, 0.25) is 0 Å². The highest BCUT2D eigenvalue weighted by Gasteiger charge is 2.23. The number of nitrogens with zero attached hydrogens (tertiary/aromatic N) is 2. The van der Waals surface area contributed by atoms with E-state index in [1.165, 1.54) is 6.33 Å². The molecule has 0 fully saturated rings. The topological polar surface area (TPSA) is 83.4 Å². The number of fused-ring (bicyclic) bond motifs is 1. The Kier molecular flexibility index (Phi) is 4.72. The molecule has 6 nitrogen and oxygen atoms in total. The van der Waals surface area contributed by atoms with E-state index in [0.29, 0.717) is 34.2 Å². The fourth-order valence-electron chi connectivity index (χ4n) is 3.50. The summed E-state index contributed by atoms with van der Waals surface area (Å²) in [5.74, 6) is 2.44. The molecule has 0 radical (unpaired) electrons. The molecule has 3 aromatic carbocycles. The van der Waals surface area contributed by atoms with E-state index in [1.54, 1.807) is 19.2 Å². The molecule has 2 aromatic heterocycles. The maximum absolute atomic E-state index is 6.21. The summed E-state index contributed by atoms with van der Waals surface area (Å²) in [6.07, 6.45) is 1.43. The number of furan rings is 1. The second-order valence-electron chi connectivity index (χ2n) is 6.93. The van der Waals surface area contributed by atoms with Gasteiger partial charge in [0.1, 0.15) is 29.0 Å². The molecule has 5 rings (SSSR count). The van der Waals surface area contributed by atoms with E-state index in [1.807, 2.05) is 66.7 Å². The quantitative estimate of drug-likeness (QED) is 0.362. The van der Waals surface area contributed by atoms with Gasteiger partial charge in [-0.1, -0.05) is 48.5 Å². The van der Waals surface area contributed by atoms with Crippen molar-refractivity contribution in [3.05, 3.63) is 85.2 Å². The second-order valence-corrected chi connectivity index (χ2v) is 6.93. The first kappa shape index (κ1) is 18.7. The van der Waals surface area contributed by atoms with Crippen LogP contribution in [0, 0.1) is 0 Å². The average Bonchev–Trinajstić information content (AvgIpc) is 3.20. The molecular weight excluding hydrogens is 390 g/mol. The number of nitrogens with two attached hydrogens (primary N) is 1. The normalized spacial score (nSPS) is 10.9. The van der Waals surface area contributed by atoms with Crippen molar-refractivity contribution in [2.75, 3.05) is 12.8 Å². The summed E-state index contributed by atoms with van der Waals surface area (Å²) in [5, 5.41) is 0.689. The van der Waals surface area contributed by atoms with E-state index in [2.05, 4.69) is 9.97 Å². The van der Waals surface area contributed by atoms with Crippen LogP contribution in [-0.4, -0.2) is 17.1 Å². The summed E-state index contributed by atoms with van der Waals surface area (Å²) in [4.78, 5) is 8.76. The van der Waals surface area contributed by atoms with Crippen molar-refractivity contribution in [3.63, 3.8) is 0 Å². The van der Waals surface area contributed by atoms with Crippen molar-refractivity contribution in [2.45, 2.75) is 0 Å². The molecule has 0 atom stereocenters. The minimum absolute atomic E-state index is 0.396. The number of ether oxygens (including phenoxy) is 2. The first-order valence-corrected chi connectivity index (χ1v) is 9.73. The van der Waals surface area contributed by atoms with Crippen LogP contribution < -0.4 is 15.2 Å². The summed E-state index contributed by atoms with van der Waals surface area (Å²) in [5.41, 5.74) is 9.68. The van der Waals surface area contributed by atoms with Gasteiger partial charge in [-0.3, -0.25) is 0 Å². The van der Waals surface area contributed by atoms with Crippen molar-refractivity contribution >= 4 is 16.8 Å². The largest absolute Gasteiger partial charge is 0.497 e. The fourth-order valence-corrected chi connectivity index (χ4v) is 3.50. The number of benzene rings is 3. The van der Waals surface area contributed by atoms with Crippen molar-refractivity contribution in [3.8, 4) is 39.8 Å². The lowest BCUT2D eigenvalue weighted by Crippen LogP contribution is -1.92. The third-order valence-corrected chi connectivity index (χ3v) is 4.94. The van der Waals surface area contributed by atoms with Crippen LogP contribution in [0.15, 0.2) is 89.6 Å². The van der Waals surface area contributed by atoms with Gasteiger partial charge in [-0.25, -0.2) is 9.97 Å². The Morgan fingerprint density at radius 2 is 1.61 bits per heavy atom. The fraction of sp³-hybridized carbons (Fsp3) is 0.0400. The predicted molar refractivity (Wildman–Crippen MR) is 120 cm³/mol. The molecule has 0 aliphatic heterocycles. The highest BCUT2D eigenvalue weighted by molar-refractivity contribution is 6.03. The molecule has 0 bridgehead atoms. The molecule has 0 saturated heterocycles. The molecular formula is C25H19N3O3. The average molecular weight is 409 g/mol. The van der Waals surface area contributed by atoms with Gasteiger partial charge in [0.2, 0.25) is 11.6 Å². The monoisotopic (exact) mass is 409 g/mol. The first-order chi connectivity index (χ1) is 15.2. The van der Waals surface area contributed by atoms with E-state index in [9.17, 15) is 0 Å². The van der Waals surface area contributed by atoms with E-state index in [-0.39, 0.29) is 0 Å². The molecule has 0 amide bonds. The van der Waals surface area contributed by atoms with Gasteiger partial charge in [-0.05, 0) is 29.8 Å². The Morgan fingerprint density at radius 3 is 2.35 bits per heavy atom. The standard InChI is InChI=1S/C25H19N3O3/c1-29-19-12-10-16(11-13-19)21-22-24(30-20-9-5-8-18(26)14-20)27-15-28-25(22)31-23(21)17-6-3-2-4-7-17/h2-15H,26H2,1H3. The predicted octanol–water partition coefficient (Wildman–Crippen LogP) is 5.94. The maximum atomic E-state index is 6.21. The Morgan fingerprint density at radius 1 is 0.806 bits per heavy atom. The summed E-state index contributed by atoms with van der Waals surface area (Å²) < 4.78 is 17.6. The number of aromatic nitrogens is 2. The van der Waals surface area contributed by atoms with Gasteiger partial charge < -0.3 is 19.6 Å². The number of nitrogen functional groups attached to an aromatic ring is 1. The zero-order valence-corrected chi connectivity index (χ0v) is 16.8. The molecule has 0 saturated carbocycles. The van der Waals surface area contributed by atoms with E-state index < -0.39 is 0 Å². The number of hydrogen-bond acceptors (Lipinski definition) is 6. The molecule has 2 heterocycles. The molecule has 6 heteroatoms. The van der Waals surface area contributed by atoms with E-state index in [4.69, 9.17) is 19.6 Å². The molecule has 152 valence electrons. The van der Waals surface area contributed by atoms with Gasteiger partial charge in [0, 0.05) is 22.9 Å². The Balaban J connectivity index is 1.75. The van der Waals surface area contributed by atoms with Crippen LogP contribution in [0.5, 0.6) is 17.4 Å². The lowest BCUT2D eigenvalue weighted by Gasteiger charge is -2.09. The molecule has 31 heavy (non-hydrogen) atoms. The third-order valence-electron chi connectivity index (χ3n) is 4.94. The lowest BCUT2D eigenvalue weighted by molar-refractivity contribution is 0.415. The minimum atomic E-state index is 0.396. The Labute approximate surface area is 178 Å². The second kappa shape index (κ2) is 7.84. The summed E-state index contributed by atoms with van der Waals surface area (Å²) >= 11 is 0. The van der Waals surface area contributed by atoms with Gasteiger partial charge in [0.25, 0.3) is 0 Å². The van der Waals surface area contributed by atoms with Crippen LogP contribution in [0.25, 0.3) is 33.6 Å². The van der Waals surface area contributed by atoms with Crippen LogP contribution in [0.3, 0.4) is 0 Å². The molecule has 0 aliphatic rings. The smallest absolute Gasteiger partial charge is 0.234 e. The van der Waals surface area contributed by atoms with Crippen LogP contribution in [0.4, 0.5) is 5.69 Å². The Bertz CT molecular complexity index is 1350. The molecule has 0 aliphatic carbocycles. The number of hydrogen-bond donors (Lipinski definition) is 1. The van der Waals surface area contributed by atoms with Gasteiger partial charge in [-0.15, -0.1) is 0 Å². The van der Waals surface area contributed by atoms with Gasteiger partial charge in [-0.2, -0.15) is 0 Å².